The molecule has 6 nitrogen and oxygen atoms in total. The van der Waals surface area contributed by atoms with E-state index in [1.165, 1.54) is 6.26 Å². The summed E-state index contributed by atoms with van der Waals surface area (Å²) in [5.74, 6) is 0.884. The number of nitrogens with zero attached hydrogens (tertiary/aromatic N) is 4. The Balaban J connectivity index is 1.58. The van der Waals surface area contributed by atoms with Gasteiger partial charge in [0.05, 0.1) is 12.8 Å². The van der Waals surface area contributed by atoms with Crippen LogP contribution in [0, 0.1) is 0 Å². The smallest absolute Gasteiger partial charge is 0.290 e. The highest BCUT2D eigenvalue weighted by atomic mass is 35.5. The molecule has 4 rings (SSSR count). The van der Waals surface area contributed by atoms with Crippen molar-refractivity contribution >= 4 is 17.5 Å². The Kier molecular flexibility index (Phi) is 5.72. The lowest BCUT2D eigenvalue weighted by molar-refractivity contribution is 0.0691. The predicted octanol–water partition coefficient (Wildman–Crippen LogP) is 4.42. The topological polar surface area (TPSA) is 64.2 Å². The van der Waals surface area contributed by atoms with E-state index in [2.05, 4.69) is 9.97 Å². The van der Waals surface area contributed by atoms with Gasteiger partial charge >= 0.3 is 0 Å². The number of rotatable bonds is 7. The summed E-state index contributed by atoms with van der Waals surface area (Å²) in [5.41, 5.74) is 2.04. The van der Waals surface area contributed by atoms with E-state index in [9.17, 15) is 4.79 Å². The molecule has 146 valence electrons. The van der Waals surface area contributed by atoms with Crippen molar-refractivity contribution in [1.82, 2.24) is 19.4 Å². The van der Waals surface area contributed by atoms with Crippen LogP contribution in [0.3, 0.4) is 0 Å². The SMILES string of the molecule is O=C(c1ccco1)N(Cc1ccncc1)Cc1nccn1Cc1cccc(Cl)c1. The molecule has 0 radical (unpaired) electrons. The van der Waals surface area contributed by atoms with Crippen molar-refractivity contribution in [3.8, 4) is 0 Å². The lowest BCUT2D eigenvalue weighted by Gasteiger charge is -2.22. The van der Waals surface area contributed by atoms with Crippen LogP contribution in [-0.4, -0.2) is 25.3 Å². The molecule has 0 spiro atoms. The summed E-state index contributed by atoms with van der Waals surface area (Å²) in [6, 6.07) is 14.9. The molecule has 3 aromatic heterocycles. The van der Waals surface area contributed by atoms with Crippen molar-refractivity contribution in [3.63, 3.8) is 0 Å². The number of carbonyl (C=O) groups is 1. The van der Waals surface area contributed by atoms with Crippen LogP contribution in [0.25, 0.3) is 0 Å². The first-order chi connectivity index (χ1) is 14.2. The second kappa shape index (κ2) is 8.75. The molecule has 0 N–H and O–H groups in total. The van der Waals surface area contributed by atoms with Gasteiger partial charge < -0.3 is 13.9 Å². The first-order valence-corrected chi connectivity index (χ1v) is 9.53. The average Bonchev–Trinajstić information content (AvgIpc) is 3.40. The molecular formula is C22H19ClN4O2. The standard InChI is InChI=1S/C22H19ClN4O2/c23-19-4-1-3-18(13-19)15-26-11-10-25-21(26)16-27(14-17-6-8-24-9-7-17)22(28)20-5-2-12-29-20/h1-13H,14-16H2. The van der Waals surface area contributed by atoms with E-state index >= 15 is 0 Å². The van der Waals surface area contributed by atoms with E-state index in [0.717, 1.165) is 17.0 Å². The minimum absolute atomic E-state index is 0.191. The zero-order chi connectivity index (χ0) is 20.1. The highest BCUT2D eigenvalue weighted by molar-refractivity contribution is 6.30. The largest absolute Gasteiger partial charge is 0.459 e. The summed E-state index contributed by atoms with van der Waals surface area (Å²) in [6.45, 7) is 1.38. The summed E-state index contributed by atoms with van der Waals surface area (Å²) in [4.78, 5) is 23.2. The van der Waals surface area contributed by atoms with Crippen LogP contribution < -0.4 is 0 Å². The monoisotopic (exact) mass is 406 g/mol. The van der Waals surface area contributed by atoms with Gasteiger partial charge in [-0.05, 0) is 47.5 Å². The first-order valence-electron chi connectivity index (χ1n) is 9.15. The van der Waals surface area contributed by atoms with Crippen molar-refractivity contribution in [2.45, 2.75) is 19.6 Å². The number of imidazole rings is 1. The van der Waals surface area contributed by atoms with E-state index in [1.807, 2.05) is 47.2 Å². The van der Waals surface area contributed by atoms with Gasteiger partial charge in [-0.1, -0.05) is 23.7 Å². The van der Waals surface area contributed by atoms with Crippen LogP contribution in [0.1, 0.15) is 27.5 Å². The third-order valence-corrected chi connectivity index (χ3v) is 4.75. The molecule has 0 bridgehead atoms. The number of hydrogen-bond donors (Lipinski definition) is 0. The Hall–Kier alpha value is -3.38. The molecule has 1 amide bonds. The number of pyridine rings is 1. The van der Waals surface area contributed by atoms with Gasteiger partial charge in [-0.3, -0.25) is 9.78 Å². The number of furan rings is 1. The molecule has 0 aliphatic carbocycles. The predicted molar refractivity (Wildman–Crippen MR) is 109 cm³/mol. The van der Waals surface area contributed by atoms with Crippen LogP contribution in [-0.2, 0) is 19.6 Å². The van der Waals surface area contributed by atoms with Crippen LogP contribution >= 0.6 is 11.6 Å². The van der Waals surface area contributed by atoms with Crippen LogP contribution in [0.15, 0.2) is 84.0 Å². The molecule has 29 heavy (non-hydrogen) atoms. The Morgan fingerprint density at radius 1 is 1.03 bits per heavy atom. The van der Waals surface area contributed by atoms with E-state index in [-0.39, 0.29) is 5.91 Å². The van der Waals surface area contributed by atoms with Gasteiger partial charge in [0.15, 0.2) is 5.76 Å². The van der Waals surface area contributed by atoms with Crippen LogP contribution in [0.2, 0.25) is 5.02 Å². The lowest BCUT2D eigenvalue weighted by Crippen LogP contribution is -2.31. The van der Waals surface area contributed by atoms with E-state index in [1.54, 1.807) is 35.6 Å². The van der Waals surface area contributed by atoms with Crippen LogP contribution in [0.5, 0.6) is 0 Å². The lowest BCUT2D eigenvalue weighted by atomic mass is 10.2. The number of benzene rings is 1. The molecule has 3 heterocycles. The number of carbonyl (C=O) groups excluding carboxylic acids is 1. The molecule has 0 fully saturated rings. The molecule has 0 atom stereocenters. The number of aromatic nitrogens is 3. The number of amides is 1. The quantitative estimate of drug-likeness (QED) is 0.456. The Labute approximate surface area is 173 Å². The molecule has 0 unspecified atom stereocenters. The van der Waals surface area contributed by atoms with Gasteiger partial charge in [-0.15, -0.1) is 0 Å². The summed E-state index contributed by atoms with van der Waals surface area (Å²) < 4.78 is 7.34. The summed E-state index contributed by atoms with van der Waals surface area (Å²) in [6.07, 6.45) is 8.56. The molecule has 0 saturated heterocycles. The van der Waals surface area contributed by atoms with Gasteiger partial charge in [-0.2, -0.15) is 0 Å². The average molecular weight is 407 g/mol. The zero-order valence-corrected chi connectivity index (χ0v) is 16.4. The Bertz CT molecular complexity index is 1080. The maximum absolute atomic E-state index is 13.0. The van der Waals surface area contributed by atoms with E-state index in [4.69, 9.17) is 16.0 Å². The summed E-state index contributed by atoms with van der Waals surface area (Å²) in [5, 5.41) is 0.691. The molecular weight excluding hydrogens is 388 g/mol. The number of hydrogen-bond acceptors (Lipinski definition) is 4. The maximum atomic E-state index is 13.0. The zero-order valence-electron chi connectivity index (χ0n) is 15.6. The van der Waals surface area contributed by atoms with Crippen molar-refractivity contribution in [3.05, 3.63) is 107 Å². The Morgan fingerprint density at radius 2 is 1.90 bits per heavy atom. The van der Waals surface area contributed by atoms with Crippen molar-refractivity contribution in [2.75, 3.05) is 0 Å². The summed E-state index contributed by atoms with van der Waals surface area (Å²) >= 11 is 6.10. The van der Waals surface area contributed by atoms with Crippen molar-refractivity contribution in [1.29, 1.82) is 0 Å². The molecule has 0 aliphatic heterocycles. The van der Waals surface area contributed by atoms with Crippen LogP contribution in [0.4, 0.5) is 0 Å². The van der Waals surface area contributed by atoms with Crippen molar-refractivity contribution < 1.29 is 9.21 Å². The minimum Gasteiger partial charge on any atom is -0.459 e. The fourth-order valence-electron chi connectivity index (χ4n) is 3.10. The second-order valence-electron chi connectivity index (χ2n) is 6.60. The fraction of sp³-hybridized carbons (Fsp3) is 0.136. The molecule has 0 aliphatic rings. The van der Waals surface area contributed by atoms with Gasteiger partial charge in [0, 0.05) is 42.9 Å². The van der Waals surface area contributed by atoms with Gasteiger partial charge in [0.1, 0.15) is 5.82 Å². The fourth-order valence-corrected chi connectivity index (χ4v) is 3.32. The van der Waals surface area contributed by atoms with E-state index in [0.29, 0.717) is 30.4 Å². The molecule has 7 heteroatoms. The molecule has 4 aromatic rings. The molecule has 0 saturated carbocycles. The number of halogens is 1. The minimum atomic E-state index is -0.191. The van der Waals surface area contributed by atoms with Gasteiger partial charge in [0.25, 0.3) is 5.91 Å². The highest BCUT2D eigenvalue weighted by Crippen LogP contribution is 2.16. The third kappa shape index (κ3) is 4.73. The second-order valence-corrected chi connectivity index (χ2v) is 7.03. The normalized spacial score (nSPS) is 10.8. The first kappa shape index (κ1) is 19.0. The molecule has 1 aromatic carbocycles. The summed E-state index contributed by atoms with van der Waals surface area (Å²) in [7, 11) is 0. The maximum Gasteiger partial charge on any atom is 0.290 e. The Morgan fingerprint density at radius 3 is 2.66 bits per heavy atom. The third-order valence-electron chi connectivity index (χ3n) is 4.52. The van der Waals surface area contributed by atoms with Gasteiger partial charge in [0.2, 0.25) is 0 Å². The van der Waals surface area contributed by atoms with Gasteiger partial charge in [-0.25, -0.2) is 4.98 Å². The van der Waals surface area contributed by atoms with E-state index < -0.39 is 0 Å². The highest BCUT2D eigenvalue weighted by Gasteiger charge is 2.21. The van der Waals surface area contributed by atoms with Crippen molar-refractivity contribution in [2.24, 2.45) is 0 Å².